The number of nitrogens with zero attached hydrogens (tertiary/aromatic N) is 2. The van der Waals surface area contributed by atoms with Gasteiger partial charge in [0.1, 0.15) is 5.82 Å². The van der Waals surface area contributed by atoms with Gasteiger partial charge in [0.25, 0.3) is 0 Å². The molecule has 0 aromatic carbocycles. The smallest absolute Gasteiger partial charge is 0.141 e. The monoisotopic (exact) mass is 279 g/mol. The fourth-order valence-corrected chi connectivity index (χ4v) is 3.18. The Balaban J connectivity index is 2.01. The first-order valence-electron chi connectivity index (χ1n) is 7.60. The predicted molar refractivity (Wildman–Crippen MR) is 80.1 cm³/mol. The summed E-state index contributed by atoms with van der Waals surface area (Å²) in [5.74, 6) is -0.274. The van der Waals surface area contributed by atoms with E-state index in [2.05, 4.69) is 36.2 Å². The van der Waals surface area contributed by atoms with Crippen molar-refractivity contribution in [2.75, 3.05) is 20.6 Å². The summed E-state index contributed by atoms with van der Waals surface area (Å²) in [5, 5.41) is 3.64. The molecule has 0 bridgehead atoms. The second-order valence-corrected chi connectivity index (χ2v) is 6.07. The zero-order valence-electron chi connectivity index (χ0n) is 12.8. The lowest BCUT2D eigenvalue weighted by atomic mass is 9.95. The van der Waals surface area contributed by atoms with Crippen LogP contribution >= 0.6 is 0 Å². The van der Waals surface area contributed by atoms with Crippen molar-refractivity contribution in [3.8, 4) is 0 Å². The molecule has 0 radical (unpaired) electrons. The van der Waals surface area contributed by atoms with Crippen molar-refractivity contribution in [3.63, 3.8) is 0 Å². The van der Waals surface area contributed by atoms with Crippen molar-refractivity contribution in [2.45, 2.75) is 50.6 Å². The number of hydrogen-bond donors (Lipinski definition) is 1. The van der Waals surface area contributed by atoms with Crippen LogP contribution in [0, 0.1) is 5.82 Å². The van der Waals surface area contributed by atoms with Gasteiger partial charge < -0.3 is 10.2 Å². The van der Waals surface area contributed by atoms with Crippen molar-refractivity contribution < 1.29 is 4.39 Å². The zero-order valence-corrected chi connectivity index (χ0v) is 12.8. The molecule has 0 amide bonds. The maximum atomic E-state index is 13.0. The third-order valence-electron chi connectivity index (χ3n) is 4.68. The molecule has 2 rings (SSSR count). The van der Waals surface area contributed by atoms with E-state index in [0.717, 1.165) is 18.7 Å². The molecular weight excluding hydrogens is 253 g/mol. The summed E-state index contributed by atoms with van der Waals surface area (Å²) in [5.41, 5.74) is 1.20. The third kappa shape index (κ3) is 3.36. The normalized spacial score (nSPS) is 19.4. The zero-order chi connectivity index (χ0) is 14.6. The average molecular weight is 279 g/mol. The summed E-state index contributed by atoms with van der Waals surface area (Å²) in [6, 6.07) is 3.48. The van der Waals surface area contributed by atoms with Crippen LogP contribution < -0.4 is 5.32 Å². The standard InChI is InChI=1S/C16H26FN3/c1-4-14(15-8-7-13(17)11-18-15)19-12-16(20(2)3)9-5-6-10-16/h7-8,11,14,19H,4-6,9-10,12H2,1-3H3. The van der Waals surface area contributed by atoms with Crippen molar-refractivity contribution in [2.24, 2.45) is 0 Å². The molecule has 1 aromatic rings. The van der Waals surface area contributed by atoms with E-state index < -0.39 is 0 Å². The van der Waals surface area contributed by atoms with Crippen LogP contribution in [-0.2, 0) is 0 Å². The van der Waals surface area contributed by atoms with Gasteiger partial charge in [0.15, 0.2) is 0 Å². The minimum Gasteiger partial charge on any atom is -0.307 e. The van der Waals surface area contributed by atoms with Gasteiger partial charge >= 0.3 is 0 Å². The Labute approximate surface area is 121 Å². The summed E-state index contributed by atoms with van der Waals surface area (Å²) in [4.78, 5) is 6.57. The highest BCUT2D eigenvalue weighted by atomic mass is 19.1. The van der Waals surface area contributed by atoms with E-state index >= 15 is 0 Å². The van der Waals surface area contributed by atoms with Gasteiger partial charge in [0.05, 0.1) is 11.9 Å². The van der Waals surface area contributed by atoms with E-state index in [0.29, 0.717) is 0 Å². The SMILES string of the molecule is CCC(NCC1(N(C)C)CCCC1)c1ccc(F)cn1. The average Bonchev–Trinajstić information content (AvgIpc) is 2.91. The first-order valence-corrected chi connectivity index (χ1v) is 7.60. The van der Waals surface area contributed by atoms with Gasteiger partial charge in [-0.3, -0.25) is 4.98 Å². The highest BCUT2D eigenvalue weighted by Gasteiger charge is 2.36. The molecule has 1 atom stereocenters. The van der Waals surface area contributed by atoms with E-state index in [9.17, 15) is 4.39 Å². The van der Waals surface area contributed by atoms with Crippen LogP contribution in [0.5, 0.6) is 0 Å². The van der Waals surface area contributed by atoms with Gasteiger partial charge in [-0.25, -0.2) is 4.39 Å². The van der Waals surface area contributed by atoms with Gasteiger partial charge in [-0.05, 0) is 45.5 Å². The molecule has 1 aliphatic carbocycles. The third-order valence-corrected chi connectivity index (χ3v) is 4.68. The minimum absolute atomic E-state index is 0.202. The molecule has 1 aromatic heterocycles. The fraction of sp³-hybridized carbons (Fsp3) is 0.688. The molecule has 4 heteroatoms. The van der Waals surface area contributed by atoms with E-state index in [-0.39, 0.29) is 17.4 Å². The lowest BCUT2D eigenvalue weighted by Gasteiger charge is -2.37. The number of nitrogens with one attached hydrogen (secondary N) is 1. The number of likely N-dealkylation sites (N-methyl/N-ethyl adjacent to an activating group) is 1. The van der Waals surface area contributed by atoms with Crippen LogP contribution in [0.4, 0.5) is 4.39 Å². The largest absolute Gasteiger partial charge is 0.307 e. The van der Waals surface area contributed by atoms with Gasteiger partial charge in [-0.15, -0.1) is 0 Å². The highest BCUT2D eigenvalue weighted by Crippen LogP contribution is 2.33. The molecule has 1 saturated carbocycles. The first-order chi connectivity index (χ1) is 9.57. The Bertz CT molecular complexity index is 410. The maximum Gasteiger partial charge on any atom is 0.141 e. The number of rotatable bonds is 6. The Hall–Kier alpha value is -1.00. The molecule has 1 aliphatic rings. The summed E-state index contributed by atoms with van der Waals surface area (Å²) >= 11 is 0. The summed E-state index contributed by atoms with van der Waals surface area (Å²) in [7, 11) is 4.34. The number of halogens is 1. The Morgan fingerprint density at radius 2 is 2.05 bits per heavy atom. The molecule has 1 fully saturated rings. The van der Waals surface area contributed by atoms with Crippen molar-refractivity contribution >= 4 is 0 Å². The Morgan fingerprint density at radius 1 is 1.35 bits per heavy atom. The first kappa shape index (κ1) is 15.4. The number of hydrogen-bond acceptors (Lipinski definition) is 3. The second kappa shape index (κ2) is 6.64. The summed E-state index contributed by atoms with van der Waals surface area (Å²) in [6.07, 6.45) is 7.39. The van der Waals surface area contributed by atoms with E-state index in [1.54, 1.807) is 6.07 Å². The van der Waals surface area contributed by atoms with Crippen LogP contribution in [0.25, 0.3) is 0 Å². The molecule has 0 aliphatic heterocycles. The number of pyridine rings is 1. The van der Waals surface area contributed by atoms with E-state index in [1.165, 1.54) is 37.9 Å². The molecular formula is C16H26FN3. The molecule has 3 nitrogen and oxygen atoms in total. The van der Waals surface area contributed by atoms with Gasteiger partial charge in [-0.2, -0.15) is 0 Å². The van der Waals surface area contributed by atoms with Crippen molar-refractivity contribution in [1.29, 1.82) is 0 Å². The van der Waals surface area contributed by atoms with Crippen LogP contribution in [0.1, 0.15) is 50.8 Å². The highest BCUT2D eigenvalue weighted by molar-refractivity contribution is 5.10. The minimum atomic E-state index is -0.274. The van der Waals surface area contributed by atoms with Crippen LogP contribution in [0.15, 0.2) is 18.3 Å². The predicted octanol–water partition coefficient (Wildman–Crippen LogP) is 3.14. The molecule has 0 spiro atoms. The molecule has 112 valence electrons. The van der Waals surface area contributed by atoms with Crippen LogP contribution in [-0.4, -0.2) is 36.1 Å². The molecule has 0 saturated heterocycles. The van der Waals surface area contributed by atoms with Gasteiger partial charge in [0.2, 0.25) is 0 Å². The second-order valence-electron chi connectivity index (χ2n) is 6.07. The van der Waals surface area contributed by atoms with Crippen LogP contribution in [0.3, 0.4) is 0 Å². The molecule has 1 heterocycles. The van der Waals surface area contributed by atoms with E-state index in [1.807, 2.05) is 0 Å². The summed E-state index contributed by atoms with van der Waals surface area (Å²) in [6.45, 7) is 3.11. The van der Waals surface area contributed by atoms with Gasteiger partial charge in [0, 0.05) is 18.1 Å². The topological polar surface area (TPSA) is 28.2 Å². The molecule has 1 N–H and O–H groups in total. The van der Waals surface area contributed by atoms with Crippen molar-refractivity contribution in [3.05, 3.63) is 29.8 Å². The molecule has 20 heavy (non-hydrogen) atoms. The lowest BCUT2D eigenvalue weighted by Crippen LogP contribution is -2.50. The van der Waals surface area contributed by atoms with Crippen LogP contribution in [0.2, 0.25) is 0 Å². The quantitative estimate of drug-likeness (QED) is 0.867. The summed E-state index contributed by atoms with van der Waals surface area (Å²) < 4.78 is 13.0. The fourth-order valence-electron chi connectivity index (χ4n) is 3.18. The Kier molecular flexibility index (Phi) is 5.11. The number of aromatic nitrogens is 1. The van der Waals surface area contributed by atoms with Gasteiger partial charge in [-0.1, -0.05) is 19.8 Å². The maximum absolute atomic E-state index is 13.0. The van der Waals surface area contributed by atoms with E-state index in [4.69, 9.17) is 0 Å². The molecule has 1 unspecified atom stereocenters. The van der Waals surface area contributed by atoms with Crippen molar-refractivity contribution in [1.82, 2.24) is 15.2 Å². The lowest BCUT2D eigenvalue weighted by molar-refractivity contribution is 0.148. The Morgan fingerprint density at radius 3 is 2.55 bits per heavy atom.